The quantitative estimate of drug-likeness (QED) is 0.431. The SMILES string of the molecule is NC[C@@H]1CC[C@H]1CN.O=C(O)C(=O)O. The van der Waals surface area contributed by atoms with Gasteiger partial charge < -0.3 is 21.7 Å². The molecule has 82 valence electrons. The van der Waals surface area contributed by atoms with E-state index in [1.807, 2.05) is 0 Å². The molecule has 1 rings (SSSR count). The number of carboxylic acids is 2. The Hall–Kier alpha value is -1.14. The molecule has 1 aliphatic rings. The predicted molar refractivity (Wildman–Crippen MR) is 49.6 cm³/mol. The lowest BCUT2D eigenvalue weighted by atomic mass is 9.74. The van der Waals surface area contributed by atoms with E-state index >= 15 is 0 Å². The summed E-state index contributed by atoms with van der Waals surface area (Å²) in [6, 6.07) is 0. The van der Waals surface area contributed by atoms with Crippen molar-refractivity contribution in [3.8, 4) is 0 Å². The lowest BCUT2D eigenvalue weighted by Gasteiger charge is -2.34. The van der Waals surface area contributed by atoms with E-state index in [9.17, 15) is 0 Å². The van der Waals surface area contributed by atoms with Crippen LogP contribution >= 0.6 is 0 Å². The third kappa shape index (κ3) is 4.20. The Morgan fingerprint density at radius 2 is 1.29 bits per heavy atom. The van der Waals surface area contributed by atoms with E-state index in [-0.39, 0.29) is 0 Å². The van der Waals surface area contributed by atoms with Gasteiger partial charge in [0.25, 0.3) is 0 Å². The van der Waals surface area contributed by atoms with Crippen LogP contribution in [0.2, 0.25) is 0 Å². The Bertz CT molecular complexity index is 182. The Labute approximate surface area is 81.9 Å². The molecule has 0 bridgehead atoms. The van der Waals surface area contributed by atoms with Crippen LogP contribution in [0, 0.1) is 11.8 Å². The zero-order valence-electron chi connectivity index (χ0n) is 7.85. The molecule has 2 atom stereocenters. The lowest BCUT2D eigenvalue weighted by Crippen LogP contribution is -2.36. The smallest absolute Gasteiger partial charge is 0.414 e. The molecule has 6 nitrogen and oxygen atoms in total. The maximum absolute atomic E-state index is 9.10. The highest BCUT2D eigenvalue weighted by Gasteiger charge is 2.27. The molecule has 6 heteroatoms. The van der Waals surface area contributed by atoms with Crippen LogP contribution in [0.5, 0.6) is 0 Å². The predicted octanol–water partition coefficient (Wildman–Crippen LogP) is -0.914. The van der Waals surface area contributed by atoms with Crippen molar-refractivity contribution < 1.29 is 19.8 Å². The average molecular weight is 204 g/mol. The highest BCUT2D eigenvalue weighted by atomic mass is 16.4. The summed E-state index contributed by atoms with van der Waals surface area (Å²) in [7, 11) is 0. The van der Waals surface area contributed by atoms with Crippen LogP contribution in [0.4, 0.5) is 0 Å². The Balaban J connectivity index is 0.000000255. The fraction of sp³-hybridized carbons (Fsp3) is 0.750. The lowest BCUT2D eigenvalue weighted by molar-refractivity contribution is -0.159. The third-order valence-corrected chi connectivity index (χ3v) is 2.36. The van der Waals surface area contributed by atoms with E-state index in [2.05, 4.69) is 0 Å². The Morgan fingerprint density at radius 3 is 1.36 bits per heavy atom. The van der Waals surface area contributed by atoms with E-state index in [0.29, 0.717) is 0 Å². The summed E-state index contributed by atoms with van der Waals surface area (Å²) >= 11 is 0. The van der Waals surface area contributed by atoms with Crippen LogP contribution in [0.25, 0.3) is 0 Å². The second kappa shape index (κ2) is 6.33. The molecule has 0 radical (unpaired) electrons. The highest BCUT2D eigenvalue weighted by molar-refractivity contribution is 6.27. The number of nitrogens with two attached hydrogens (primary N) is 2. The fourth-order valence-electron chi connectivity index (χ4n) is 1.26. The number of rotatable bonds is 2. The van der Waals surface area contributed by atoms with Crippen molar-refractivity contribution in [1.82, 2.24) is 0 Å². The third-order valence-electron chi connectivity index (χ3n) is 2.36. The first-order valence-electron chi connectivity index (χ1n) is 4.39. The molecule has 0 aliphatic heterocycles. The number of carbonyl (C=O) groups is 2. The molecule has 0 saturated heterocycles. The van der Waals surface area contributed by atoms with Gasteiger partial charge in [0, 0.05) is 0 Å². The van der Waals surface area contributed by atoms with Gasteiger partial charge >= 0.3 is 11.9 Å². The number of hydrogen-bond donors (Lipinski definition) is 4. The summed E-state index contributed by atoms with van der Waals surface area (Å²) in [5.41, 5.74) is 10.9. The van der Waals surface area contributed by atoms with Gasteiger partial charge in [-0.25, -0.2) is 9.59 Å². The van der Waals surface area contributed by atoms with Crippen LogP contribution in [-0.2, 0) is 9.59 Å². The largest absolute Gasteiger partial charge is 0.473 e. The molecule has 0 aromatic rings. The molecule has 0 aromatic heterocycles. The van der Waals surface area contributed by atoms with Gasteiger partial charge in [0.15, 0.2) is 0 Å². The van der Waals surface area contributed by atoms with E-state index in [4.69, 9.17) is 31.3 Å². The van der Waals surface area contributed by atoms with Crippen LogP contribution in [0.15, 0.2) is 0 Å². The molecular weight excluding hydrogens is 188 g/mol. The minimum absolute atomic E-state index is 0.750. The molecule has 1 saturated carbocycles. The summed E-state index contributed by atoms with van der Waals surface area (Å²) < 4.78 is 0. The van der Waals surface area contributed by atoms with E-state index in [1.54, 1.807) is 0 Å². The molecule has 0 spiro atoms. The molecule has 0 amide bonds. The summed E-state index contributed by atoms with van der Waals surface area (Å²) in [5, 5.41) is 14.8. The van der Waals surface area contributed by atoms with E-state index in [1.165, 1.54) is 12.8 Å². The maximum atomic E-state index is 9.10. The maximum Gasteiger partial charge on any atom is 0.414 e. The van der Waals surface area contributed by atoms with Crippen molar-refractivity contribution in [2.24, 2.45) is 23.3 Å². The second-order valence-electron chi connectivity index (χ2n) is 3.18. The summed E-state index contributed by atoms with van der Waals surface area (Å²) in [6.07, 6.45) is 2.61. The molecule has 0 heterocycles. The van der Waals surface area contributed by atoms with E-state index < -0.39 is 11.9 Å². The standard InChI is InChI=1S/C6H14N2.C2H2O4/c7-3-5-1-2-6(5)4-8;3-1(4)2(5)6/h5-6H,1-4,7-8H2;(H,3,4)(H,5,6)/t5-,6-;/m0./s1. The van der Waals surface area contributed by atoms with Crippen molar-refractivity contribution in [3.63, 3.8) is 0 Å². The second-order valence-corrected chi connectivity index (χ2v) is 3.18. The van der Waals surface area contributed by atoms with Gasteiger partial charge in [-0.15, -0.1) is 0 Å². The number of aliphatic carboxylic acids is 2. The van der Waals surface area contributed by atoms with Crippen molar-refractivity contribution in [3.05, 3.63) is 0 Å². The van der Waals surface area contributed by atoms with Gasteiger partial charge in [-0.2, -0.15) is 0 Å². The van der Waals surface area contributed by atoms with Crippen molar-refractivity contribution in [2.45, 2.75) is 12.8 Å². The highest BCUT2D eigenvalue weighted by Crippen LogP contribution is 2.31. The van der Waals surface area contributed by atoms with Crippen molar-refractivity contribution >= 4 is 11.9 Å². The van der Waals surface area contributed by atoms with E-state index in [0.717, 1.165) is 24.9 Å². The summed E-state index contributed by atoms with van der Waals surface area (Å²) in [5.74, 6) is -2.15. The van der Waals surface area contributed by atoms with Crippen LogP contribution in [0.3, 0.4) is 0 Å². The van der Waals surface area contributed by atoms with Crippen molar-refractivity contribution in [1.29, 1.82) is 0 Å². The van der Waals surface area contributed by atoms with Crippen LogP contribution < -0.4 is 11.5 Å². The van der Waals surface area contributed by atoms with Gasteiger partial charge in [-0.05, 0) is 37.8 Å². The molecule has 1 aliphatic carbocycles. The first-order valence-corrected chi connectivity index (χ1v) is 4.39. The summed E-state index contributed by atoms with van der Waals surface area (Å²) in [4.78, 5) is 18.2. The molecule has 0 unspecified atom stereocenters. The first kappa shape index (κ1) is 12.9. The van der Waals surface area contributed by atoms with Gasteiger partial charge in [0.2, 0.25) is 0 Å². The van der Waals surface area contributed by atoms with Gasteiger partial charge in [0.05, 0.1) is 0 Å². The monoisotopic (exact) mass is 204 g/mol. The molecule has 0 aromatic carbocycles. The van der Waals surface area contributed by atoms with Crippen LogP contribution in [0.1, 0.15) is 12.8 Å². The summed E-state index contributed by atoms with van der Waals surface area (Å²) in [6.45, 7) is 1.67. The molecule has 6 N–H and O–H groups in total. The zero-order valence-corrected chi connectivity index (χ0v) is 7.85. The first-order chi connectivity index (χ1) is 6.52. The van der Waals surface area contributed by atoms with Crippen LogP contribution in [-0.4, -0.2) is 35.2 Å². The number of carboxylic acid groups (broad SMARTS) is 2. The molecule has 1 fully saturated rings. The topological polar surface area (TPSA) is 127 Å². The molecular formula is C8H16N2O4. The Kier molecular flexibility index (Phi) is 5.82. The minimum Gasteiger partial charge on any atom is -0.473 e. The number of hydrogen-bond acceptors (Lipinski definition) is 4. The molecule has 14 heavy (non-hydrogen) atoms. The van der Waals surface area contributed by atoms with Gasteiger partial charge in [-0.1, -0.05) is 0 Å². The zero-order chi connectivity index (χ0) is 11.1. The van der Waals surface area contributed by atoms with Gasteiger partial charge in [-0.3, -0.25) is 0 Å². The van der Waals surface area contributed by atoms with Crippen molar-refractivity contribution in [2.75, 3.05) is 13.1 Å². The average Bonchev–Trinajstić information content (AvgIpc) is 2.05. The normalized spacial score (nSPS) is 24.1. The van der Waals surface area contributed by atoms with Gasteiger partial charge in [0.1, 0.15) is 0 Å². The minimum atomic E-state index is -1.82. The Morgan fingerprint density at radius 1 is 1.00 bits per heavy atom. The fourth-order valence-corrected chi connectivity index (χ4v) is 1.26.